The topological polar surface area (TPSA) is 57.5 Å². The van der Waals surface area contributed by atoms with Crippen molar-refractivity contribution < 1.29 is 14.4 Å². The van der Waals surface area contributed by atoms with Crippen LogP contribution in [-0.4, -0.2) is 21.8 Å². The molecular formula is C15H32ClO3P. The van der Waals surface area contributed by atoms with Crippen molar-refractivity contribution in [2.24, 2.45) is 0 Å². The molecule has 0 saturated heterocycles. The zero-order valence-electron chi connectivity index (χ0n) is 12.7. The lowest BCUT2D eigenvalue weighted by Gasteiger charge is -2.04. The lowest BCUT2D eigenvalue weighted by Crippen LogP contribution is -1.88. The Morgan fingerprint density at radius 1 is 0.600 bits per heavy atom. The van der Waals surface area contributed by atoms with Gasteiger partial charge in [0.05, 0.1) is 0 Å². The average molecular weight is 327 g/mol. The van der Waals surface area contributed by atoms with E-state index in [0.29, 0.717) is 6.42 Å². The van der Waals surface area contributed by atoms with Gasteiger partial charge < -0.3 is 9.79 Å². The second-order valence-electron chi connectivity index (χ2n) is 5.67. The second kappa shape index (κ2) is 14.4. The summed E-state index contributed by atoms with van der Waals surface area (Å²) in [7, 11) is -3.76. The van der Waals surface area contributed by atoms with Crippen LogP contribution in [0.15, 0.2) is 0 Å². The molecule has 122 valence electrons. The Labute approximate surface area is 129 Å². The maximum atomic E-state index is 10.6. The van der Waals surface area contributed by atoms with Gasteiger partial charge in [-0.3, -0.25) is 4.57 Å². The molecule has 0 heterocycles. The summed E-state index contributed by atoms with van der Waals surface area (Å²) in [5.74, 6) is 0.800. The number of hydrogen-bond acceptors (Lipinski definition) is 1. The zero-order valence-corrected chi connectivity index (χ0v) is 14.4. The van der Waals surface area contributed by atoms with E-state index < -0.39 is 7.60 Å². The highest BCUT2D eigenvalue weighted by molar-refractivity contribution is 7.51. The fraction of sp³-hybridized carbons (Fsp3) is 1.00. The minimum Gasteiger partial charge on any atom is -0.324 e. The van der Waals surface area contributed by atoms with E-state index in [4.69, 9.17) is 21.4 Å². The van der Waals surface area contributed by atoms with Crippen LogP contribution in [0, 0.1) is 0 Å². The van der Waals surface area contributed by atoms with Gasteiger partial charge in [-0.1, -0.05) is 70.6 Å². The molecule has 0 fully saturated rings. The number of unbranched alkanes of at least 4 members (excludes halogenated alkanes) is 12. The molecule has 0 aromatic carbocycles. The number of rotatable bonds is 15. The van der Waals surface area contributed by atoms with E-state index in [1.54, 1.807) is 0 Å². The van der Waals surface area contributed by atoms with Gasteiger partial charge in [0.1, 0.15) is 0 Å². The van der Waals surface area contributed by atoms with Gasteiger partial charge in [0, 0.05) is 12.0 Å². The van der Waals surface area contributed by atoms with Gasteiger partial charge in [-0.2, -0.15) is 0 Å². The van der Waals surface area contributed by atoms with E-state index in [1.807, 2.05) is 0 Å². The largest absolute Gasteiger partial charge is 0.325 e. The average Bonchev–Trinajstić information content (AvgIpc) is 2.38. The van der Waals surface area contributed by atoms with Crippen molar-refractivity contribution in [3.8, 4) is 0 Å². The second-order valence-corrected chi connectivity index (χ2v) is 7.83. The number of halogens is 1. The highest BCUT2D eigenvalue weighted by Crippen LogP contribution is 2.35. The third-order valence-corrected chi connectivity index (χ3v) is 4.75. The van der Waals surface area contributed by atoms with E-state index in [0.717, 1.165) is 25.1 Å². The predicted molar refractivity (Wildman–Crippen MR) is 87.7 cm³/mol. The summed E-state index contributed by atoms with van der Waals surface area (Å²) in [5, 5.41) is 0. The van der Waals surface area contributed by atoms with Crippen LogP contribution in [0.1, 0.15) is 83.5 Å². The summed E-state index contributed by atoms with van der Waals surface area (Å²) in [4.78, 5) is 17.4. The molecule has 0 aromatic rings. The SMILES string of the molecule is O=P(O)(O)CCCCCCCCCCCCCCCCl. The number of alkyl halides is 1. The first-order valence-electron chi connectivity index (χ1n) is 8.17. The summed E-state index contributed by atoms with van der Waals surface area (Å²) in [6.45, 7) is 0. The van der Waals surface area contributed by atoms with Crippen molar-refractivity contribution in [3.05, 3.63) is 0 Å². The van der Waals surface area contributed by atoms with E-state index in [2.05, 4.69) is 0 Å². The van der Waals surface area contributed by atoms with Crippen LogP contribution in [0.4, 0.5) is 0 Å². The van der Waals surface area contributed by atoms with E-state index in [-0.39, 0.29) is 6.16 Å². The van der Waals surface area contributed by atoms with E-state index >= 15 is 0 Å². The van der Waals surface area contributed by atoms with Gasteiger partial charge in [0.25, 0.3) is 0 Å². The summed E-state index contributed by atoms with van der Waals surface area (Å²) < 4.78 is 10.6. The normalized spacial score (nSPS) is 11.9. The molecule has 0 aliphatic heterocycles. The highest BCUT2D eigenvalue weighted by Gasteiger charge is 2.10. The Bertz CT molecular complexity index is 243. The lowest BCUT2D eigenvalue weighted by molar-refractivity contribution is 0.370. The quantitative estimate of drug-likeness (QED) is 0.238. The standard InChI is InChI=1S/C15H32ClO3P/c16-14-12-10-8-6-4-2-1-3-5-7-9-11-13-15-20(17,18)19/h1-15H2,(H2,17,18,19). The Morgan fingerprint density at radius 2 is 0.900 bits per heavy atom. The van der Waals surface area contributed by atoms with Crippen molar-refractivity contribution in [2.45, 2.75) is 83.5 Å². The van der Waals surface area contributed by atoms with Gasteiger partial charge in [0.2, 0.25) is 0 Å². The molecule has 2 N–H and O–H groups in total. The molecule has 0 bridgehead atoms. The van der Waals surface area contributed by atoms with Crippen LogP contribution >= 0.6 is 19.2 Å². The maximum absolute atomic E-state index is 10.6. The molecule has 0 saturated carbocycles. The fourth-order valence-corrected chi connectivity index (χ4v) is 3.18. The fourth-order valence-electron chi connectivity index (χ4n) is 2.36. The van der Waals surface area contributed by atoms with Crippen LogP contribution in [0.25, 0.3) is 0 Å². The van der Waals surface area contributed by atoms with Crippen molar-refractivity contribution >= 4 is 19.2 Å². The van der Waals surface area contributed by atoms with Gasteiger partial charge in [0.15, 0.2) is 0 Å². The van der Waals surface area contributed by atoms with Gasteiger partial charge in [-0.15, -0.1) is 11.6 Å². The Balaban J connectivity index is 3.01. The van der Waals surface area contributed by atoms with Crippen LogP contribution in [-0.2, 0) is 4.57 Å². The van der Waals surface area contributed by atoms with Gasteiger partial charge >= 0.3 is 7.60 Å². The third kappa shape index (κ3) is 18.4. The first kappa shape index (κ1) is 20.4. The molecule has 0 aromatic heterocycles. The molecule has 20 heavy (non-hydrogen) atoms. The Morgan fingerprint density at radius 3 is 1.20 bits per heavy atom. The van der Waals surface area contributed by atoms with E-state index in [1.165, 1.54) is 57.8 Å². The molecule has 0 aliphatic rings. The van der Waals surface area contributed by atoms with Crippen molar-refractivity contribution in [2.75, 3.05) is 12.0 Å². The third-order valence-electron chi connectivity index (χ3n) is 3.58. The summed E-state index contributed by atoms with van der Waals surface area (Å²) in [5.41, 5.74) is 0. The summed E-state index contributed by atoms with van der Waals surface area (Å²) >= 11 is 5.63. The molecule has 0 atom stereocenters. The van der Waals surface area contributed by atoms with Crippen molar-refractivity contribution in [1.29, 1.82) is 0 Å². The minimum atomic E-state index is -3.76. The van der Waals surface area contributed by atoms with Crippen LogP contribution in [0.3, 0.4) is 0 Å². The monoisotopic (exact) mass is 326 g/mol. The molecule has 0 radical (unpaired) electrons. The van der Waals surface area contributed by atoms with Crippen LogP contribution < -0.4 is 0 Å². The van der Waals surface area contributed by atoms with Gasteiger partial charge in [-0.05, 0) is 12.8 Å². The molecule has 0 unspecified atom stereocenters. The predicted octanol–water partition coefficient (Wildman–Crippen LogP) is 5.47. The zero-order chi connectivity index (χ0) is 15.1. The molecule has 5 heteroatoms. The first-order chi connectivity index (χ1) is 9.56. The summed E-state index contributed by atoms with van der Waals surface area (Å²) in [6.07, 6.45) is 15.7. The molecule has 3 nitrogen and oxygen atoms in total. The Kier molecular flexibility index (Phi) is 14.7. The van der Waals surface area contributed by atoms with Gasteiger partial charge in [-0.25, -0.2) is 0 Å². The Hall–Kier alpha value is 0.440. The molecule has 0 rings (SSSR count). The molecule has 0 aliphatic carbocycles. The molecular weight excluding hydrogens is 295 g/mol. The number of hydrogen-bond donors (Lipinski definition) is 2. The minimum absolute atomic E-state index is 0.0523. The lowest BCUT2D eigenvalue weighted by atomic mass is 10.0. The summed E-state index contributed by atoms with van der Waals surface area (Å²) in [6, 6.07) is 0. The van der Waals surface area contributed by atoms with Crippen molar-refractivity contribution in [1.82, 2.24) is 0 Å². The van der Waals surface area contributed by atoms with E-state index in [9.17, 15) is 4.57 Å². The maximum Gasteiger partial charge on any atom is 0.325 e. The molecule has 0 amide bonds. The van der Waals surface area contributed by atoms with Crippen LogP contribution in [0.2, 0.25) is 0 Å². The first-order valence-corrected chi connectivity index (χ1v) is 10.5. The van der Waals surface area contributed by atoms with Crippen LogP contribution in [0.5, 0.6) is 0 Å². The highest BCUT2D eigenvalue weighted by atomic mass is 35.5. The smallest absolute Gasteiger partial charge is 0.324 e. The molecule has 0 spiro atoms. The van der Waals surface area contributed by atoms with Crippen molar-refractivity contribution in [3.63, 3.8) is 0 Å².